The van der Waals surface area contributed by atoms with Gasteiger partial charge in [-0.25, -0.2) is 0 Å². The fourth-order valence-electron chi connectivity index (χ4n) is 3.68. The Hall–Kier alpha value is -3.39. The molecule has 3 amide bonds. The van der Waals surface area contributed by atoms with E-state index in [1.165, 1.54) is 0 Å². The van der Waals surface area contributed by atoms with Crippen LogP contribution in [0, 0.1) is 0 Å². The molecule has 8 heteroatoms. The van der Waals surface area contributed by atoms with E-state index in [9.17, 15) is 14.4 Å². The molecule has 3 N–H and O–H groups in total. The summed E-state index contributed by atoms with van der Waals surface area (Å²) in [6, 6.07) is 12.2. The molecule has 2 aromatic rings. The van der Waals surface area contributed by atoms with Crippen molar-refractivity contribution in [3.05, 3.63) is 53.6 Å². The molecule has 1 saturated heterocycles. The first-order chi connectivity index (χ1) is 15.1. The number of para-hydroxylation sites is 1. The molecule has 1 atom stereocenters. The summed E-state index contributed by atoms with van der Waals surface area (Å²) in [7, 11) is 0. The molecular formula is C23H25N3O5. The highest BCUT2D eigenvalue weighted by atomic mass is 16.5. The molecule has 0 bridgehead atoms. The van der Waals surface area contributed by atoms with Crippen molar-refractivity contribution in [3.8, 4) is 5.75 Å². The lowest BCUT2D eigenvalue weighted by molar-refractivity contribution is -0.118. The summed E-state index contributed by atoms with van der Waals surface area (Å²) in [6.07, 6.45) is 3.06. The summed E-state index contributed by atoms with van der Waals surface area (Å²) < 4.78 is 11.1. The molecule has 0 radical (unpaired) electrons. The van der Waals surface area contributed by atoms with E-state index in [1.54, 1.807) is 36.4 Å². The number of benzene rings is 2. The third kappa shape index (κ3) is 5.40. The SMILES string of the molecule is O=C1CCc2cc(OCC(=O)Nc3ccccc3C(=O)NC[C@H]3CCCO3)ccc2N1. The van der Waals surface area contributed by atoms with E-state index in [2.05, 4.69) is 16.0 Å². The molecule has 0 aromatic heterocycles. The van der Waals surface area contributed by atoms with Gasteiger partial charge >= 0.3 is 0 Å². The molecule has 2 aliphatic heterocycles. The molecule has 2 aliphatic rings. The van der Waals surface area contributed by atoms with Crippen LogP contribution in [-0.2, 0) is 20.7 Å². The Morgan fingerprint density at radius 1 is 1.16 bits per heavy atom. The average Bonchev–Trinajstić information content (AvgIpc) is 3.30. The number of hydrogen-bond acceptors (Lipinski definition) is 5. The van der Waals surface area contributed by atoms with E-state index in [-0.39, 0.29) is 30.4 Å². The number of amides is 3. The molecule has 1 fully saturated rings. The molecule has 4 rings (SSSR count). The van der Waals surface area contributed by atoms with Crippen molar-refractivity contribution in [1.82, 2.24) is 5.32 Å². The maximum absolute atomic E-state index is 12.6. The number of nitrogens with one attached hydrogen (secondary N) is 3. The van der Waals surface area contributed by atoms with Crippen molar-refractivity contribution in [1.29, 1.82) is 0 Å². The Morgan fingerprint density at radius 3 is 2.87 bits per heavy atom. The first kappa shape index (κ1) is 20.9. The van der Waals surface area contributed by atoms with E-state index >= 15 is 0 Å². The van der Waals surface area contributed by atoms with Gasteiger partial charge in [0, 0.05) is 25.3 Å². The summed E-state index contributed by atoms with van der Waals surface area (Å²) in [4.78, 5) is 36.4. The maximum Gasteiger partial charge on any atom is 0.262 e. The van der Waals surface area contributed by atoms with Crippen LogP contribution < -0.4 is 20.7 Å². The van der Waals surface area contributed by atoms with Crippen LogP contribution >= 0.6 is 0 Å². The van der Waals surface area contributed by atoms with Gasteiger partial charge in [0.05, 0.1) is 17.4 Å². The maximum atomic E-state index is 12.6. The van der Waals surface area contributed by atoms with Gasteiger partial charge in [-0.2, -0.15) is 0 Å². The highest BCUT2D eigenvalue weighted by Gasteiger charge is 2.19. The molecule has 31 heavy (non-hydrogen) atoms. The lowest BCUT2D eigenvalue weighted by atomic mass is 10.0. The number of anilines is 2. The second-order valence-electron chi connectivity index (χ2n) is 7.59. The molecule has 0 saturated carbocycles. The number of carbonyl (C=O) groups is 3. The Morgan fingerprint density at radius 2 is 2.03 bits per heavy atom. The predicted octanol–water partition coefficient (Wildman–Crippen LogP) is 2.50. The smallest absolute Gasteiger partial charge is 0.262 e. The number of fused-ring (bicyclic) bond motifs is 1. The summed E-state index contributed by atoms with van der Waals surface area (Å²) in [5.41, 5.74) is 2.56. The monoisotopic (exact) mass is 423 g/mol. The average molecular weight is 423 g/mol. The lowest BCUT2D eigenvalue weighted by Crippen LogP contribution is -2.32. The van der Waals surface area contributed by atoms with Crippen molar-refractivity contribution < 1.29 is 23.9 Å². The number of ether oxygens (including phenoxy) is 2. The van der Waals surface area contributed by atoms with Crippen molar-refractivity contribution in [2.24, 2.45) is 0 Å². The van der Waals surface area contributed by atoms with E-state index in [0.29, 0.717) is 36.4 Å². The van der Waals surface area contributed by atoms with Gasteiger partial charge in [0.25, 0.3) is 11.8 Å². The Labute approximate surface area is 180 Å². The molecule has 2 aromatic carbocycles. The normalized spacial score (nSPS) is 17.4. The molecule has 8 nitrogen and oxygen atoms in total. The molecule has 0 unspecified atom stereocenters. The van der Waals surface area contributed by atoms with Crippen LogP contribution in [-0.4, -0.2) is 43.6 Å². The fourth-order valence-corrected chi connectivity index (χ4v) is 3.68. The van der Waals surface area contributed by atoms with Crippen molar-refractivity contribution in [2.45, 2.75) is 31.8 Å². The predicted molar refractivity (Wildman–Crippen MR) is 115 cm³/mol. The van der Waals surface area contributed by atoms with Gasteiger partial charge in [-0.15, -0.1) is 0 Å². The third-order valence-corrected chi connectivity index (χ3v) is 5.30. The Kier molecular flexibility index (Phi) is 6.47. The number of hydrogen-bond donors (Lipinski definition) is 3. The second kappa shape index (κ2) is 9.61. The molecule has 2 heterocycles. The first-order valence-electron chi connectivity index (χ1n) is 10.4. The largest absolute Gasteiger partial charge is 0.484 e. The third-order valence-electron chi connectivity index (χ3n) is 5.30. The van der Waals surface area contributed by atoms with Crippen LogP contribution in [0.1, 0.15) is 35.2 Å². The minimum absolute atomic E-state index is 0.000911. The zero-order valence-electron chi connectivity index (χ0n) is 17.1. The van der Waals surface area contributed by atoms with Crippen LogP contribution in [0.4, 0.5) is 11.4 Å². The van der Waals surface area contributed by atoms with Crippen LogP contribution in [0.2, 0.25) is 0 Å². The molecular weight excluding hydrogens is 398 g/mol. The molecule has 162 valence electrons. The van der Waals surface area contributed by atoms with Gasteiger partial charge < -0.3 is 25.4 Å². The Balaban J connectivity index is 1.32. The summed E-state index contributed by atoms with van der Waals surface area (Å²) in [5, 5.41) is 8.42. The molecule has 0 aliphatic carbocycles. The van der Waals surface area contributed by atoms with Gasteiger partial charge in [-0.3, -0.25) is 14.4 Å². The molecule has 0 spiro atoms. The highest BCUT2D eigenvalue weighted by Crippen LogP contribution is 2.26. The minimum Gasteiger partial charge on any atom is -0.484 e. The van der Waals surface area contributed by atoms with Crippen molar-refractivity contribution in [3.63, 3.8) is 0 Å². The summed E-state index contributed by atoms with van der Waals surface area (Å²) in [6.45, 7) is 0.978. The number of carbonyl (C=O) groups excluding carboxylic acids is 3. The second-order valence-corrected chi connectivity index (χ2v) is 7.59. The fraction of sp³-hybridized carbons (Fsp3) is 0.348. The van der Waals surface area contributed by atoms with Gasteiger partial charge in [0.1, 0.15) is 5.75 Å². The van der Waals surface area contributed by atoms with E-state index in [4.69, 9.17) is 9.47 Å². The summed E-state index contributed by atoms with van der Waals surface area (Å²) >= 11 is 0. The minimum atomic E-state index is -0.370. The van der Waals surface area contributed by atoms with E-state index in [0.717, 1.165) is 30.7 Å². The lowest BCUT2D eigenvalue weighted by Gasteiger charge is -2.17. The van der Waals surface area contributed by atoms with Gasteiger partial charge in [-0.1, -0.05) is 12.1 Å². The first-order valence-corrected chi connectivity index (χ1v) is 10.4. The van der Waals surface area contributed by atoms with E-state index < -0.39 is 0 Å². The van der Waals surface area contributed by atoms with Crippen molar-refractivity contribution >= 4 is 29.1 Å². The van der Waals surface area contributed by atoms with Crippen LogP contribution in [0.3, 0.4) is 0 Å². The van der Waals surface area contributed by atoms with Crippen molar-refractivity contribution in [2.75, 3.05) is 30.4 Å². The van der Waals surface area contributed by atoms with Gasteiger partial charge in [-0.05, 0) is 55.2 Å². The zero-order chi connectivity index (χ0) is 21.6. The van der Waals surface area contributed by atoms with E-state index in [1.807, 2.05) is 6.07 Å². The number of aryl methyl sites for hydroxylation is 1. The quantitative estimate of drug-likeness (QED) is 0.635. The van der Waals surface area contributed by atoms with Crippen LogP contribution in [0.15, 0.2) is 42.5 Å². The van der Waals surface area contributed by atoms with Crippen LogP contribution in [0.5, 0.6) is 5.75 Å². The zero-order valence-corrected chi connectivity index (χ0v) is 17.1. The summed E-state index contributed by atoms with van der Waals surface area (Å²) in [5.74, 6) is -0.0823. The topological polar surface area (TPSA) is 106 Å². The Bertz CT molecular complexity index is 985. The standard InChI is InChI=1S/C23H25N3O5/c27-21-10-7-15-12-16(8-9-19(15)25-21)31-14-22(28)26-20-6-2-1-5-18(20)23(29)24-13-17-4-3-11-30-17/h1-2,5-6,8-9,12,17H,3-4,7,10-11,13-14H2,(H,24,29)(H,25,27)(H,26,28)/t17-/m1/s1. The van der Waals surface area contributed by atoms with Crippen LogP contribution in [0.25, 0.3) is 0 Å². The van der Waals surface area contributed by atoms with Gasteiger partial charge in [0.15, 0.2) is 6.61 Å². The highest BCUT2D eigenvalue weighted by molar-refractivity contribution is 6.04. The van der Waals surface area contributed by atoms with Gasteiger partial charge in [0.2, 0.25) is 5.91 Å². The number of rotatable bonds is 7.